The van der Waals surface area contributed by atoms with E-state index in [2.05, 4.69) is 32.8 Å². The fourth-order valence-electron chi connectivity index (χ4n) is 2.75. The van der Waals surface area contributed by atoms with E-state index in [-0.39, 0.29) is 5.56 Å². The molecule has 0 bridgehead atoms. The molecule has 1 aliphatic rings. The summed E-state index contributed by atoms with van der Waals surface area (Å²) in [5.41, 5.74) is 1.64. The number of hydrogen-bond acceptors (Lipinski definition) is 5. The number of rotatable bonds is 2. The number of aromatic nitrogens is 2. The van der Waals surface area contributed by atoms with Gasteiger partial charge in [-0.3, -0.25) is 4.79 Å². The fraction of sp³-hybridized carbons (Fsp3) is 0.400. The Morgan fingerprint density at radius 1 is 1.33 bits per heavy atom. The predicted molar refractivity (Wildman–Crippen MR) is 81.4 cm³/mol. The normalized spacial score (nSPS) is 16.1. The molecule has 0 amide bonds. The summed E-state index contributed by atoms with van der Waals surface area (Å²) < 4.78 is 0. The zero-order chi connectivity index (χ0) is 14.8. The lowest BCUT2D eigenvalue weighted by molar-refractivity contribution is 0.271. The third-order valence-electron chi connectivity index (χ3n) is 4.03. The first-order chi connectivity index (χ1) is 10.2. The molecular formula is C15H17N5O. The van der Waals surface area contributed by atoms with Gasteiger partial charge in [0.05, 0.1) is 22.8 Å². The molecule has 6 heteroatoms. The Hall–Kier alpha value is -2.39. The second kappa shape index (κ2) is 5.54. The van der Waals surface area contributed by atoms with E-state index in [0.29, 0.717) is 16.5 Å². The monoisotopic (exact) mass is 283 g/mol. The van der Waals surface area contributed by atoms with Crippen LogP contribution >= 0.6 is 0 Å². The standard InChI is InChI=1S/C15H17N5O/c1-2-19-3-5-20(6-4-19)12-7-11(9-16)14-13(8-12)15(21)18-10-17-14/h7-8,10H,2-6H2,1H3,(H,17,18,21). The minimum absolute atomic E-state index is 0.203. The van der Waals surface area contributed by atoms with Gasteiger partial charge >= 0.3 is 0 Å². The van der Waals surface area contributed by atoms with E-state index in [1.54, 1.807) is 0 Å². The molecule has 108 valence electrons. The van der Waals surface area contributed by atoms with E-state index in [4.69, 9.17) is 0 Å². The molecule has 1 fully saturated rings. The van der Waals surface area contributed by atoms with E-state index in [9.17, 15) is 10.1 Å². The van der Waals surface area contributed by atoms with Crippen LogP contribution in [0.15, 0.2) is 23.3 Å². The van der Waals surface area contributed by atoms with Gasteiger partial charge < -0.3 is 14.8 Å². The predicted octanol–water partition coefficient (Wildman–Crippen LogP) is 0.937. The van der Waals surface area contributed by atoms with Gasteiger partial charge in [0.25, 0.3) is 5.56 Å². The molecule has 1 aromatic carbocycles. The quantitative estimate of drug-likeness (QED) is 0.887. The topological polar surface area (TPSA) is 76.0 Å². The summed E-state index contributed by atoms with van der Waals surface area (Å²) in [6.45, 7) is 7.02. The van der Waals surface area contributed by atoms with Crippen molar-refractivity contribution in [1.82, 2.24) is 14.9 Å². The molecule has 0 atom stereocenters. The van der Waals surface area contributed by atoms with Crippen molar-refractivity contribution in [1.29, 1.82) is 5.26 Å². The third kappa shape index (κ3) is 2.48. The Morgan fingerprint density at radius 2 is 2.10 bits per heavy atom. The molecule has 2 heterocycles. The maximum atomic E-state index is 11.9. The van der Waals surface area contributed by atoms with Crippen LogP contribution < -0.4 is 10.5 Å². The van der Waals surface area contributed by atoms with Crippen molar-refractivity contribution in [2.45, 2.75) is 6.92 Å². The fourth-order valence-corrected chi connectivity index (χ4v) is 2.75. The first-order valence-corrected chi connectivity index (χ1v) is 7.11. The van der Waals surface area contributed by atoms with E-state index >= 15 is 0 Å². The highest BCUT2D eigenvalue weighted by Gasteiger charge is 2.18. The molecular weight excluding hydrogens is 266 g/mol. The lowest BCUT2D eigenvalue weighted by Crippen LogP contribution is -2.46. The van der Waals surface area contributed by atoms with Crippen LogP contribution in [0.4, 0.5) is 5.69 Å². The number of nitriles is 1. The molecule has 6 nitrogen and oxygen atoms in total. The first-order valence-electron chi connectivity index (χ1n) is 7.11. The van der Waals surface area contributed by atoms with E-state index in [1.807, 2.05) is 12.1 Å². The van der Waals surface area contributed by atoms with Crippen LogP contribution in [0.1, 0.15) is 12.5 Å². The van der Waals surface area contributed by atoms with Gasteiger partial charge in [-0.05, 0) is 18.7 Å². The Balaban J connectivity index is 2.03. The van der Waals surface area contributed by atoms with Gasteiger partial charge in [-0.1, -0.05) is 6.92 Å². The number of piperazine rings is 1. The number of anilines is 1. The molecule has 21 heavy (non-hydrogen) atoms. The average Bonchev–Trinajstić information content (AvgIpc) is 2.54. The van der Waals surface area contributed by atoms with Crippen LogP contribution in [0.3, 0.4) is 0 Å². The second-order valence-corrected chi connectivity index (χ2v) is 5.15. The molecule has 0 unspecified atom stereocenters. The first kappa shape index (κ1) is 13.6. The van der Waals surface area contributed by atoms with Crippen molar-refractivity contribution in [3.8, 4) is 6.07 Å². The lowest BCUT2D eigenvalue weighted by Gasteiger charge is -2.35. The zero-order valence-electron chi connectivity index (χ0n) is 12.0. The van der Waals surface area contributed by atoms with Crippen molar-refractivity contribution in [3.63, 3.8) is 0 Å². The van der Waals surface area contributed by atoms with Crippen LogP contribution in [0, 0.1) is 11.3 Å². The molecule has 0 saturated carbocycles. The van der Waals surface area contributed by atoms with Crippen molar-refractivity contribution in [3.05, 3.63) is 34.4 Å². The summed E-state index contributed by atoms with van der Waals surface area (Å²) in [6, 6.07) is 5.81. The largest absolute Gasteiger partial charge is 0.369 e. The molecule has 1 saturated heterocycles. The lowest BCUT2D eigenvalue weighted by atomic mass is 10.1. The van der Waals surface area contributed by atoms with Crippen LogP contribution in [-0.4, -0.2) is 47.6 Å². The average molecular weight is 283 g/mol. The highest BCUT2D eigenvalue weighted by Crippen LogP contribution is 2.23. The maximum absolute atomic E-state index is 11.9. The number of H-pyrrole nitrogens is 1. The van der Waals surface area contributed by atoms with Gasteiger partial charge in [-0.25, -0.2) is 4.98 Å². The number of fused-ring (bicyclic) bond motifs is 1. The molecule has 1 aromatic heterocycles. The van der Waals surface area contributed by atoms with Crippen LogP contribution in [0.5, 0.6) is 0 Å². The maximum Gasteiger partial charge on any atom is 0.258 e. The summed E-state index contributed by atoms with van der Waals surface area (Å²) in [6.07, 6.45) is 1.34. The molecule has 3 rings (SSSR count). The summed E-state index contributed by atoms with van der Waals surface area (Å²) in [5, 5.41) is 9.78. The van der Waals surface area contributed by atoms with E-state index in [0.717, 1.165) is 38.4 Å². The SMILES string of the molecule is CCN1CCN(c2cc(C#N)c3nc[nH]c(=O)c3c2)CC1. The number of benzene rings is 1. The molecule has 0 radical (unpaired) electrons. The number of hydrogen-bond donors (Lipinski definition) is 1. The zero-order valence-corrected chi connectivity index (χ0v) is 12.0. The minimum atomic E-state index is -0.203. The summed E-state index contributed by atoms with van der Waals surface area (Å²) >= 11 is 0. The van der Waals surface area contributed by atoms with Gasteiger partial charge in [0.1, 0.15) is 6.07 Å². The number of nitrogens with zero attached hydrogens (tertiary/aromatic N) is 4. The summed E-state index contributed by atoms with van der Waals surface area (Å²) in [4.78, 5) is 23.2. The van der Waals surface area contributed by atoms with Crippen LogP contribution in [0.2, 0.25) is 0 Å². The molecule has 1 N–H and O–H groups in total. The van der Waals surface area contributed by atoms with E-state index in [1.165, 1.54) is 6.33 Å². The number of nitrogens with one attached hydrogen (secondary N) is 1. The Labute approximate surface area is 122 Å². The smallest absolute Gasteiger partial charge is 0.258 e. The van der Waals surface area contributed by atoms with Crippen molar-refractivity contribution < 1.29 is 0 Å². The Bertz CT molecular complexity index is 753. The number of aromatic amines is 1. The van der Waals surface area contributed by atoms with Crippen LogP contribution in [-0.2, 0) is 0 Å². The van der Waals surface area contributed by atoms with E-state index < -0.39 is 0 Å². The van der Waals surface area contributed by atoms with Crippen molar-refractivity contribution in [2.24, 2.45) is 0 Å². The van der Waals surface area contributed by atoms with Gasteiger partial charge in [0, 0.05) is 31.9 Å². The second-order valence-electron chi connectivity index (χ2n) is 5.15. The van der Waals surface area contributed by atoms with Crippen LogP contribution in [0.25, 0.3) is 10.9 Å². The highest BCUT2D eigenvalue weighted by atomic mass is 16.1. The van der Waals surface area contributed by atoms with Crippen molar-refractivity contribution >= 4 is 16.6 Å². The Kier molecular flexibility index (Phi) is 3.59. The summed E-state index contributed by atoms with van der Waals surface area (Å²) in [7, 11) is 0. The number of likely N-dealkylation sites (N-methyl/N-ethyl adjacent to an activating group) is 1. The molecule has 0 aliphatic carbocycles. The highest BCUT2D eigenvalue weighted by molar-refractivity contribution is 5.87. The minimum Gasteiger partial charge on any atom is -0.369 e. The third-order valence-corrected chi connectivity index (χ3v) is 4.03. The molecule has 1 aliphatic heterocycles. The van der Waals surface area contributed by atoms with Gasteiger partial charge in [-0.15, -0.1) is 0 Å². The van der Waals surface area contributed by atoms with Gasteiger partial charge in [-0.2, -0.15) is 5.26 Å². The summed E-state index contributed by atoms with van der Waals surface area (Å²) in [5.74, 6) is 0. The molecule has 2 aromatic rings. The van der Waals surface area contributed by atoms with Crippen molar-refractivity contribution in [2.75, 3.05) is 37.6 Å². The molecule has 0 spiro atoms. The van der Waals surface area contributed by atoms with Gasteiger partial charge in [0.15, 0.2) is 0 Å². The Morgan fingerprint density at radius 3 is 2.76 bits per heavy atom. The van der Waals surface area contributed by atoms with Gasteiger partial charge in [0.2, 0.25) is 0 Å².